The predicted octanol–water partition coefficient (Wildman–Crippen LogP) is 5.03. The fourth-order valence-corrected chi connectivity index (χ4v) is 5.39. The highest BCUT2D eigenvalue weighted by molar-refractivity contribution is 7.15. The second kappa shape index (κ2) is 9.56. The average Bonchev–Trinajstić information content (AvgIpc) is 3.26. The van der Waals surface area contributed by atoms with Crippen LogP contribution in [0.1, 0.15) is 65.4 Å². The van der Waals surface area contributed by atoms with Gasteiger partial charge in [0.2, 0.25) is 6.54 Å². The lowest BCUT2D eigenvalue weighted by molar-refractivity contribution is -0.120. The summed E-state index contributed by atoms with van der Waals surface area (Å²) in [4.78, 5) is 22.4. The van der Waals surface area contributed by atoms with E-state index in [4.69, 9.17) is 23.2 Å². The maximum absolute atomic E-state index is 12.8. The van der Waals surface area contributed by atoms with Gasteiger partial charge in [-0.3, -0.25) is 14.4 Å². The molecule has 0 saturated heterocycles. The number of aryl methyl sites for hydroxylation is 1. The SMILES string of the molecule is [C-]#[N+]Cc1sc2c(c1C)C(c1ccc(Cl)cc1)=N[C@@H](CC(=O)CC[C@H](C)O)c1nnc(C)n1-2. The van der Waals surface area contributed by atoms with Gasteiger partial charge in [0.15, 0.2) is 5.82 Å². The number of rotatable bonds is 7. The number of carbonyl (C=O) groups excluding carboxylic acids is 1. The Hall–Kier alpha value is -2.86. The van der Waals surface area contributed by atoms with Crippen LogP contribution in [-0.2, 0) is 11.3 Å². The van der Waals surface area contributed by atoms with Crippen molar-refractivity contribution in [1.82, 2.24) is 14.8 Å². The van der Waals surface area contributed by atoms with Gasteiger partial charge in [0, 0.05) is 29.0 Å². The Labute approximate surface area is 201 Å². The van der Waals surface area contributed by atoms with Crippen molar-refractivity contribution in [3.63, 3.8) is 0 Å². The van der Waals surface area contributed by atoms with Crippen LogP contribution in [0.2, 0.25) is 5.02 Å². The number of Topliss-reactive ketones (excluding diaryl/α,β-unsaturated/α-hetero) is 1. The van der Waals surface area contributed by atoms with E-state index >= 15 is 0 Å². The molecule has 0 saturated carbocycles. The summed E-state index contributed by atoms with van der Waals surface area (Å²) in [5, 5.41) is 19.8. The molecule has 170 valence electrons. The van der Waals surface area contributed by atoms with E-state index in [-0.39, 0.29) is 25.2 Å². The van der Waals surface area contributed by atoms with Gasteiger partial charge in [-0.25, -0.2) is 6.57 Å². The number of hydrogen-bond acceptors (Lipinski definition) is 6. The zero-order chi connectivity index (χ0) is 23.7. The van der Waals surface area contributed by atoms with E-state index < -0.39 is 12.1 Å². The Morgan fingerprint density at radius 3 is 2.70 bits per heavy atom. The van der Waals surface area contributed by atoms with Crippen LogP contribution in [0.4, 0.5) is 0 Å². The van der Waals surface area contributed by atoms with Crippen molar-refractivity contribution in [2.24, 2.45) is 4.99 Å². The number of thiophene rings is 1. The van der Waals surface area contributed by atoms with Crippen molar-refractivity contribution in [1.29, 1.82) is 0 Å². The largest absolute Gasteiger partial charge is 0.393 e. The highest BCUT2D eigenvalue weighted by Gasteiger charge is 2.33. The summed E-state index contributed by atoms with van der Waals surface area (Å²) in [6.45, 7) is 13.2. The van der Waals surface area contributed by atoms with Gasteiger partial charge in [-0.1, -0.05) is 23.7 Å². The third-order valence-electron chi connectivity index (χ3n) is 5.70. The number of carbonyl (C=O) groups is 1. The Morgan fingerprint density at radius 2 is 2.03 bits per heavy atom. The lowest BCUT2D eigenvalue weighted by atomic mass is 9.99. The smallest absolute Gasteiger partial charge is 0.249 e. The second-order valence-corrected chi connectivity index (χ2v) is 9.74. The summed E-state index contributed by atoms with van der Waals surface area (Å²) in [6, 6.07) is 6.96. The lowest BCUT2D eigenvalue weighted by Crippen LogP contribution is -2.13. The first-order chi connectivity index (χ1) is 15.8. The van der Waals surface area contributed by atoms with E-state index in [1.54, 1.807) is 18.3 Å². The number of ketones is 1. The molecule has 3 heterocycles. The number of aromatic nitrogens is 3. The summed E-state index contributed by atoms with van der Waals surface area (Å²) >= 11 is 7.68. The number of hydrogen-bond donors (Lipinski definition) is 1. The van der Waals surface area contributed by atoms with Crippen LogP contribution in [0.25, 0.3) is 9.85 Å². The van der Waals surface area contributed by atoms with Crippen LogP contribution >= 0.6 is 22.9 Å². The molecule has 2 atom stereocenters. The van der Waals surface area contributed by atoms with Gasteiger partial charge >= 0.3 is 0 Å². The van der Waals surface area contributed by atoms with Crippen LogP contribution in [0.5, 0.6) is 0 Å². The molecule has 2 aromatic heterocycles. The van der Waals surface area contributed by atoms with Gasteiger partial charge < -0.3 is 9.95 Å². The van der Waals surface area contributed by atoms with Crippen LogP contribution in [0.15, 0.2) is 29.3 Å². The minimum atomic E-state index is -0.530. The third kappa shape index (κ3) is 4.62. The lowest BCUT2D eigenvalue weighted by Gasteiger charge is -2.12. The average molecular weight is 482 g/mol. The number of halogens is 1. The molecule has 0 radical (unpaired) electrons. The van der Waals surface area contributed by atoms with Crippen LogP contribution in [0, 0.1) is 20.4 Å². The topological polar surface area (TPSA) is 84.7 Å². The summed E-state index contributed by atoms with van der Waals surface area (Å²) in [5.74, 6) is 1.33. The van der Waals surface area contributed by atoms with Crippen LogP contribution in [0.3, 0.4) is 0 Å². The Morgan fingerprint density at radius 1 is 1.30 bits per heavy atom. The maximum atomic E-state index is 12.8. The van der Waals surface area contributed by atoms with E-state index in [1.807, 2.05) is 42.7 Å². The summed E-state index contributed by atoms with van der Waals surface area (Å²) in [7, 11) is 0. The van der Waals surface area contributed by atoms with E-state index in [2.05, 4.69) is 15.0 Å². The number of benzene rings is 1. The van der Waals surface area contributed by atoms with Crippen molar-refractivity contribution >= 4 is 34.4 Å². The van der Waals surface area contributed by atoms with Gasteiger partial charge in [0.25, 0.3) is 0 Å². The quantitative estimate of drug-likeness (QED) is 0.479. The Kier molecular flexibility index (Phi) is 6.75. The molecule has 0 bridgehead atoms. The first kappa shape index (κ1) is 23.3. The molecule has 1 aliphatic heterocycles. The van der Waals surface area contributed by atoms with Gasteiger partial charge in [-0.05, 0) is 44.9 Å². The highest BCUT2D eigenvalue weighted by atomic mass is 35.5. The van der Waals surface area contributed by atoms with Crippen LogP contribution in [-0.4, -0.2) is 37.5 Å². The van der Waals surface area contributed by atoms with E-state index in [0.717, 1.165) is 32.3 Å². The summed E-state index contributed by atoms with van der Waals surface area (Å²) in [5.41, 5.74) is 3.57. The van der Waals surface area contributed by atoms with Gasteiger partial charge in [0.1, 0.15) is 22.7 Å². The molecule has 0 fully saturated rings. The molecule has 0 spiro atoms. The van der Waals surface area contributed by atoms with Crippen molar-refractivity contribution in [3.8, 4) is 5.00 Å². The molecule has 33 heavy (non-hydrogen) atoms. The summed E-state index contributed by atoms with van der Waals surface area (Å²) < 4.78 is 1.97. The van der Waals surface area contributed by atoms with E-state index in [1.165, 1.54) is 0 Å². The molecule has 1 aromatic carbocycles. The normalized spacial score (nSPS) is 15.8. The van der Waals surface area contributed by atoms with E-state index in [0.29, 0.717) is 23.1 Å². The Balaban J connectivity index is 1.90. The number of fused-ring (bicyclic) bond motifs is 3. The van der Waals surface area contributed by atoms with Crippen molar-refractivity contribution in [2.75, 3.05) is 0 Å². The zero-order valence-corrected chi connectivity index (χ0v) is 20.2. The number of nitrogens with zero attached hydrogens (tertiary/aromatic N) is 5. The number of aliphatic imine (C=N–C) groups is 1. The number of aliphatic hydroxyl groups is 1. The van der Waals surface area contributed by atoms with Gasteiger partial charge in [-0.15, -0.1) is 21.5 Å². The molecule has 7 nitrogen and oxygen atoms in total. The molecule has 0 unspecified atom stereocenters. The zero-order valence-electron chi connectivity index (χ0n) is 18.7. The summed E-state index contributed by atoms with van der Waals surface area (Å²) in [6.07, 6.45) is 0.336. The van der Waals surface area contributed by atoms with Crippen LogP contribution < -0.4 is 0 Å². The minimum absolute atomic E-state index is 0.0166. The molecule has 1 N–H and O–H groups in total. The monoisotopic (exact) mass is 481 g/mol. The molecular formula is C24H24ClN5O2S. The molecule has 4 rings (SSSR count). The standard InChI is InChI=1S/C24H24ClN5O2S/c1-13(31)5-10-18(32)11-19-23-29-28-15(3)30(23)24-21(14(2)20(33-24)12-26-4)22(27-19)16-6-8-17(25)9-7-16/h6-9,13,19,31H,5,10-12H2,1-3H3/t13-,19-/m0/s1. The molecule has 0 aliphatic carbocycles. The Bertz CT molecular complexity index is 1270. The minimum Gasteiger partial charge on any atom is -0.393 e. The van der Waals surface area contributed by atoms with Crippen molar-refractivity contribution < 1.29 is 9.90 Å². The van der Waals surface area contributed by atoms with Crippen molar-refractivity contribution in [3.05, 3.63) is 73.9 Å². The first-order valence-corrected chi connectivity index (χ1v) is 11.9. The molecule has 1 aliphatic rings. The predicted molar refractivity (Wildman–Crippen MR) is 129 cm³/mol. The fourth-order valence-electron chi connectivity index (χ4n) is 3.98. The fraction of sp³-hybridized carbons (Fsp3) is 0.375. The molecule has 0 amide bonds. The van der Waals surface area contributed by atoms with Crippen molar-refractivity contribution in [2.45, 2.75) is 58.7 Å². The molecule has 3 aromatic rings. The highest BCUT2D eigenvalue weighted by Crippen LogP contribution is 2.40. The first-order valence-electron chi connectivity index (χ1n) is 10.7. The third-order valence-corrected chi connectivity index (χ3v) is 7.22. The number of aliphatic hydroxyl groups excluding tert-OH is 1. The maximum Gasteiger partial charge on any atom is 0.249 e. The van der Waals surface area contributed by atoms with Gasteiger partial charge in [0.05, 0.1) is 16.7 Å². The van der Waals surface area contributed by atoms with Gasteiger partial charge in [-0.2, -0.15) is 0 Å². The second-order valence-electron chi connectivity index (χ2n) is 8.22. The molecule has 9 heteroatoms. The molecular weight excluding hydrogens is 458 g/mol. The van der Waals surface area contributed by atoms with E-state index in [9.17, 15) is 9.90 Å².